The molecule has 1 rings (SSSR count). The minimum Gasteiger partial charge on any atom is -0.493 e. The van der Waals surface area contributed by atoms with Crippen LogP contribution in [-0.4, -0.2) is 34.7 Å². The quantitative estimate of drug-likeness (QED) is 0.488. The number of methoxy groups -OCH3 is 1. The molecule has 0 bridgehead atoms. The van der Waals surface area contributed by atoms with Gasteiger partial charge < -0.3 is 20.1 Å². The smallest absolute Gasteiger partial charge is 0.255 e. The third-order valence-corrected chi connectivity index (χ3v) is 3.65. The molecule has 0 saturated carbocycles. The van der Waals surface area contributed by atoms with Crippen LogP contribution in [0.15, 0.2) is 18.2 Å². The summed E-state index contributed by atoms with van der Waals surface area (Å²) in [6.07, 6.45) is -1.09. The molecule has 0 radical (unpaired) electrons. The van der Waals surface area contributed by atoms with Crippen LogP contribution in [0, 0.1) is 0 Å². The summed E-state index contributed by atoms with van der Waals surface area (Å²) in [5, 5.41) is 4.98. The summed E-state index contributed by atoms with van der Waals surface area (Å²) in [6.45, 7) is 3.70. The van der Waals surface area contributed by atoms with Crippen LogP contribution < -0.4 is 20.1 Å². The Labute approximate surface area is 166 Å². The number of nitrogens with one attached hydrogen (secondary N) is 2. The molecule has 140 valence electrons. The summed E-state index contributed by atoms with van der Waals surface area (Å²) < 4.78 is 10.9. The lowest BCUT2D eigenvalue weighted by Crippen LogP contribution is -2.44. The molecule has 0 heterocycles. The molecular weight excluding hydrogens is 414 g/mol. The number of carbonyl (C=O) groups is 2. The zero-order chi connectivity index (χ0) is 19.1. The average molecular weight is 432 g/mol. The molecule has 0 fully saturated rings. The average Bonchev–Trinajstić information content (AvgIpc) is 2.53. The summed E-state index contributed by atoms with van der Waals surface area (Å²) in [7, 11) is 1.50. The summed E-state index contributed by atoms with van der Waals surface area (Å²) in [6, 6.07) is 4.88. The largest absolute Gasteiger partial charge is 0.493 e. The Kier molecular flexibility index (Phi) is 8.93. The Morgan fingerprint density at radius 2 is 1.48 bits per heavy atom. The summed E-state index contributed by atoms with van der Waals surface area (Å²) in [5.41, 5.74) is 0.487. The second-order valence-corrected chi connectivity index (χ2v) is 7.32. The van der Waals surface area contributed by atoms with Crippen molar-refractivity contribution in [3.05, 3.63) is 23.8 Å². The van der Waals surface area contributed by atoms with Gasteiger partial charge in [-0.15, -0.1) is 0 Å². The van der Waals surface area contributed by atoms with Crippen molar-refractivity contribution in [1.29, 1.82) is 0 Å². The first kappa shape index (κ1) is 22.0. The van der Waals surface area contributed by atoms with E-state index in [2.05, 4.69) is 10.6 Å². The standard InChI is InChI=1S/C15H18Cl4N2O4/c1-7(2)25-10-6-8(4-5-9(10)24-3)13(20-14(22)11(16)17)21-15(23)12(18)19/h4-7,11-13H,1-3H3,(H,20,22)(H,21,23). The van der Waals surface area contributed by atoms with Gasteiger partial charge in [-0.3, -0.25) is 9.59 Å². The van der Waals surface area contributed by atoms with Crippen LogP contribution in [0.1, 0.15) is 25.6 Å². The maximum absolute atomic E-state index is 11.8. The Hall–Kier alpha value is -1.08. The molecule has 0 atom stereocenters. The van der Waals surface area contributed by atoms with E-state index in [9.17, 15) is 9.59 Å². The van der Waals surface area contributed by atoms with Crippen molar-refractivity contribution in [3.63, 3.8) is 0 Å². The number of benzene rings is 1. The van der Waals surface area contributed by atoms with Gasteiger partial charge in [-0.25, -0.2) is 0 Å². The van der Waals surface area contributed by atoms with Crippen LogP contribution in [0.4, 0.5) is 0 Å². The molecule has 0 aliphatic carbocycles. The van der Waals surface area contributed by atoms with Gasteiger partial charge in [-0.1, -0.05) is 52.5 Å². The van der Waals surface area contributed by atoms with E-state index in [1.807, 2.05) is 13.8 Å². The zero-order valence-electron chi connectivity index (χ0n) is 13.7. The maximum atomic E-state index is 11.8. The van der Waals surface area contributed by atoms with Gasteiger partial charge in [-0.2, -0.15) is 0 Å². The van der Waals surface area contributed by atoms with Crippen molar-refractivity contribution in [3.8, 4) is 11.5 Å². The number of amides is 2. The van der Waals surface area contributed by atoms with Crippen LogP contribution in [0.5, 0.6) is 11.5 Å². The highest BCUT2D eigenvalue weighted by molar-refractivity contribution is 6.54. The number of carbonyl (C=O) groups excluding carboxylic acids is 2. The number of hydrogen-bond donors (Lipinski definition) is 2. The van der Waals surface area contributed by atoms with Crippen LogP contribution >= 0.6 is 46.4 Å². The summed E-state index contributed by atoms with van der Waals surface area (Å²) in [4.78, 5) is 21.0. The Balaban J connectivity index is 3.18. The number of rotatable bonds is 8. The highest BCUT2D eigenvalue weighted by Crippen LogP contribution is 2.31. The monoisotopic (exact) mass is 430 g/mol. The summed E-state index contributed by atoms with van der Waals surface area (Å²) >= 11 is 22.2. The molecule has 0 saturated heterocycles. The predicted molar refractivity (Wildman–Crippen MR) is 98.8 cm³/mol. The molecule has 0 aliphatic heterocycles. The van der Waals surface area contributed by atoms with E-state index >= 15 is 0 Å². The molecule has 25 heavy (non-hydrogen) atoms. The topological polar surface area (TPSA) is 76.7 Å². The van der Waals surface area contributed by atoms with Gasteiger partial charge in [0.15, 0.2) is 21.2 Å². The zero-order valence-corrected chi connectivity index (χ0v) is 16.7. The van der Waals surface area contributed by atoms with Gasteiger partial charge in [0, 0.05) is 0 Å². The van der Waals surface area contributed by atoms with Crippen LogP contribution in [-0.2, 0) is 9.59 Å². The fourth-order valence-electron chi connectivity index (χ4n) is 1.83. The van der Waals surface area contributed by atoms with Crippen molar-refractivity contribution in [2.24, 2.45) is 0 Å². The summed E-state index contributed by atoms with van der Waals surface area (Å²) in [5.74, 6) is -0.466. The first-order valence-electron chi connectivity index (χ1n) is 7.17. The molecule has 6 nitrogen and oxygen atoms in total. The first-order chi connectivity index (χ1) is 11.6. The third kappa shape index (κ3) is 6.98. The van der Waals surface area contributed by atoms with Gasteiger partial charge >= 0.3 is 0 Å². The van der Waals surface area contributed by atoms with E-state index in [-0.39, 0.29) is 6.10 Å². The number of halogens is 4. The Bertz CT molecular complexity index is 589. The van der Waals surface area contributed by atoms with Crippen LogP contribution in [0.25, 0.3) is 0 Å². The molecule has 2 amide bonds. The van der Waals surface area contributed by atoms with Crippen molar-refractivity contribution in [1.82, 2.24) is 10.6 Å². The van der Waals surface area contributed by atoms with Gasteiger partial charge in [0.25, 0.3) is 11.8 Å². The van der Waals surface area contributed by atoms with Gasteiger partial charge in [0.05, 0.1) is 13.2 Å². The van der Waals surface area contributed by atoms with Crippen molar-refractivity contribution in [2.45, 2.75) is 35.8 Å². The minimum atomic E-state index is -1.31. The molecule has 0 spiro atoms. The van der Waals surface area contributed by atoms with E-state index < -0.39 is 27.7 Å². The van der Waals surface area contributed by atoms with E-state index in [4.69, 9.17) is 55.9 Å². The number of ether oxygens (including phenoxy) is 2. The predicted octanol–water partition coefficient (Wildman–Crippen LogP) is 3.32. The molecule has 2 N–H and O–H groups in total. The second-order valence-electron chi connectivity index (χ2n) is 5.13. The highest BCUT2D eigenvalue weighted by Gasteiger charge is 2.24. The maximum Gasteiger partial charge on any atom is 0.255 e. The fourth-order valence-corrected chi connectivity index (χ4v) is 2.08. The van der Waals surface area contributed by atoms with Gasteiger partial charge in [0.2, 0.25) is 0 Å². The van der Waals surface area contributed by atoms with E-state index in [0.29, 0.717) is 17.1 Å². The lowest BCUT2D eigenvalue weighted by atomic mass is 10.1. The normalized spacial score (nSPS) is 11.2. The van der Waals surface area contributed by atoms with Gasteiger partial charge in [-0.05, 0) is 31.5 Å². The Morgan fingerprint density at radius 3 is 1.88 bits per heavy atom. The van der Waals surface area contributed by atoms with Crippen molar-refractivity contribution >= 4 is 58.2 Å². The van der Waals surface area contributed by atoms with Gasteiger partial charge in [0.1, 0.15) is 6.17 Å². The van der Waals surface area contributed by atoms with E-state index in [1.165, 1.54) is 7.11 Å². The first-order valence-corrected chi connectivity index (χ1v) is 8.92. The lowest BCUT2D eigenvalue weighted by molar-refractivity contribution is -0.122. The molecular formula is C15H18Cl4N2O4. The highest BCUT2D eigenvalue weighted by atomic mass is 35.5. The lowest BCUT2D eigenvalue weighted by Gasteiger charge is -2.23. The Morgan fingerprint density at radius 1 is 0.960 bits per heavy atom. The van der Waals surface area contributed by atoms with E-state index in [1.54, 1.807) is 18.2 Å². The van der Waals surface area contributed by atoms with Crippen molar-refractivity contribution < 1.29 is 19.1 Å². The SMILES string of the molecule is COc1ccc(C(NC(=O)C(Cl)Cl)NC(=O)C(Cl)Cl)cc1OC(C)C. The molecule has 1 aromatic rings. The van der Waals surface area contributed by atoms with Crippen LogP contribution in [0.2, 0.25) is 0 Å². The van der Waals surface area contributed by atoms with Crippen molar-refractivity contribution in [2.75, 3.05) is 7.11 Å². The molecule has 0 aromatic heterocycles. The number of hydrogen-bond acceptors (Lipinski definition) is 4. The minimum absolute atomic E-state index is 0.114. The second kappa shape index (κ2) is 10.2. The number of alkyl halides is 4. The van der Waals surface area contributed by atoms with Crippen LogP contribution in [0.3, 0.4) is 0 Å². The molecule has 10 heteroatoms. The molecule has 0 aliphatic rings. The molecule has 1 aromatic carbocycles. The molecule has 0 unspecified atom stereocenters. The third-order valence-electron chi connectivity index (χ3n) is 2.85. The fraction of sp³-hybridized carbons (Fsp3) is 0.467. The van der Waals surface area contributed by atoms with E-state index in [0.717, 1.165) is 0 Å².